The number of ketones is 1. The van der Waals surface area contributed by atoms with E-state index in [2.05, 4.69) is 0 Å². The van der Waals surface area contributed by atoms with Crippen molar-refractivity contribution in [3.05, 3.63) is 0 Å². The molecule has 0 amide bonds. The van der Waals surface area contributed by atoms with Gasteiger partial charge in [-0.3, -0.25) is 13.2 Å². The first-order valence-corrected chi connectivity index (χ1v) is 5.64. The van der Waals surface area contributed by atoms with Crippen LogP contribution in [0.3, 0.4) is 0 Å². The quantitative estimate of drug-likeness (QED) is 0.531. The molecule has 0 aromatic carbocycles. The van der Waals surface area contributed by atoms with Gasteiger partial charge in [-0.2, -0.15) is 0 Å². The molecular weight excluding hydrogens is 204 g/mol. The van der Waals surface area contributed by atoms with E-state index in [9.17, 15) is 22.3 Å². The molecule has 2 atom stereocenters. The van der Waals surface area contributed by atoms with Crippen LogP contribution in [-0.2, 0) is 27.0 Å². The SMILES string of the molecule is O=C(CCS(=O)[O-])CCS(=O)[O-]. The van der Waals surface area contributed by atoms with Crippen LogP contribution in [0.2, 0.25) is 0 Å². The molecule has 5 nitrogen and oxygen atoms in total. The standard InChI is InChI=1S/C5H10O5S2/c6-5(1-3-11(7)8)2-4-12(9)10/h1-4H2,(H,7,8)(H,9,10)/p-2. The van der Waals surface area contributed by atoms with Gasteiger partial charge in [0.25, 0.3) is 0 Å². The number of Topliss-reactive ketones (excluding diaryl/α,β-unsaturated/α-hetero) is 1. The van der Waals surface area contributed by atoms with Gasteiger partial charge in [0.15, 0.2) is 0 Å². The van der Waals surface area contributed by atoms with Crippen LogP contribution in [0.5, 0.6) is 0 Å². The maximum Gasteiger partial charge on any atom is 0.134 e. The van der Waals surface area contributed by atoms with Crippen molar-refractivity contribution in [1.29, 1.82) is 0 Å². The van der Waals surface area contributed by atoms with Crippen LogP contribution in [0.25, 0.3) is 0 Å². The molecule has 0 spiro atoms. The minimum absolute atomic E-state index is 0.104. The second-order valence-corrected chi connectivity index (χ2v) is 4.09. The van der Waals surface area contributed by atoms with Crippen molar-refractivity contribution in [3.63, 3.8) is 0 Å². The molecule has 0 rings (SSSR count). The molecule has 0 saturated heterocycles. The zero-order valence-corrected chi connectivity index (χ0v) is 7.82. The molecule has 7 heteroatoms. The molecule has 0 aliphatic heterocycles. The largest absolute Gasteiger partial charge is 0.772 e. The Labute approximate surface area is 75.1 Å². The highest BCUT2D eigenvalue weighted by Crippen LogP contribution is 1.93. The molecule has 0 N–H and O–H groups in total. The zero-order valence-electron chi connectivity index (χ0n) is 6.19. The normalized spacial score (nSPS) is 15.5. The van der Waals surface area contributed by atoms with Crippen LogP contribution in [0, 0.1) is 0 Å². The third-order valence-corrected chi connectivity index (χ3v) is 2.17. The van der Waals surface area contributed by atoms with E-state index in [-0.39, 0.29) is 30.1 Å². The average Bonchev–Trinajstić information content (AvgIpc) is 1.96. The molecule has 0 aromatic rings. The predicted octanol–water partition coefficient (Wildman–Crippen LogP) is -0.906. The van der Waals surface area contributed by atoms with Crippen LogP contribution in [-0.4, -0.2) is 34.8 Å². The first kappa shape index (κ1) is 11.9. The number of hydrogen-bond acceptors (Lipinski definition) is 5. The Hall–Kier alpha value is -0.110. The molecule has 0 saturated carbocycles. The number of carbonyl (C=O) groups excluding carboxylic acids is 1. The van der Waals surface area contributed by atoms with Gasteiger partial charge in [0.2, 0.25) is 0 Å². The van der Waals surface area contributed by atoms with Gasteiger partial charge in [-0.05, 0) is 0 Å². The summed E-state index contributed by atoms with van der Waals surface area (Å²) in [5, 5.41) is 0. The Bertz CT molecular complexity index is 182. The van der Waals surface area contributed by atoms with E-state index in [1.165, 1.54) is 0 Å². The third kappa shape index (κ3) is 7.99. The van der Waals surface area contributed by atoms with Crippen LogP contribution in [0.1, 0.15) is 12.8 Å². The van der Waals surface area contributed by atoms with Crippen molar-refractivity contribution in [3.8, 4) is 0 Å². The average molecular weight is 212 g/mol. The lowest BCUT2D eigenvalue weighted by atomic mass is 10.2. The molecule has 12 heavy (non-hydrogen) atoms. The highest BCUT2D eigenvalue weighted by molar-refractivity contribution is 7.79. The van der Waals surface area contributed by atoms with Crippen LogP contribution < -0.4 is 0 Å². The van der Waals surface area contributed by atoms with Crippen molar-refractivity contribution in [2.75, 3.05) is 11.5 Å². The van der Waals surface area contributed by atoms with Gasteiger partial charge in [0, 0.05) is 24.3 Å². The van der Waals surface area contributed by atoms with Crippen molar-refractivity contribution < 1.29 is 22.3 Å². The van der Waals surface area contributed by atoms with E-state index in [4.69, 9.17) is 0 Å². The molecule has 0 fully saturated rings. The van der Waals surface area contributed by atoms with E-state index in [1.54, 1.807) is 0 Å². The minimum Gasteiger partial charge on any atom is -0.772 e. The van der Waals surface area contributed by atoms with Crippen LogP contribution in [0.4, 0.5) is 0 Å². The lowest BCUT2D eigenvalue weighted by molar-refractivity contribution is -0.118. The van der Waals surface area contributed by atoms with Gasteiger partial charge in [0.1, 0.15) is 5.78 Å². The summed E-state index contributed by atoms with van der Waals surface area (Å²) in [7, 11) is 0. The first-order valence-electron chi connectivity index (χ1n) is 3.16. The summed E-state index contributed by atoms with van der Waals surface area (Å²) in [5.74, 6) is -0.808. The Balaban J connectivity index is 3.47. The summed E-state index contributed by atoms with van der Waals surface area (Å²) in [6, 6.07) is 0. The molecule has 0 aliphatic rings. The summed E-state index contributed by atoms with van der Waals surface area (Å²) in [6.07, 6.45) is -0.208. The van der Waals surface area contributed by atoms with E-state index < -0.39 is 22.2 Å². The topological polar surface area (TPSA) is 97.3 Å². The molecule has 0 bridgehead atoms. The maximum absolute atomic E-state index is 10.7. The molecular formula is C5H8O5S2-2. The zero-order chi connectivity index (χ0) is 9.56. The van der Waals surface area contributed by atoms with E-state index in [0.29, 0.717) is 0 Å². The highest BCUT2D eigenvalue weighted by atomic mass is 32.2. The molecule has 0 aliphatic carbocycles. The first-order chi connectivity index (χ1) is 5.52. The van der Waals surface area contributed by atoms with Gasteiger partial charge in [-0.25, -0.2) is 0 Å². The summed E-state index contributed by atoms with van der Waals surface area (Å²) < 4.78 is 39.9. The van der Waals surface area contributed by atoms with E-state index in [0.717, 1.165) is 0 Å². The van der Waals surface area contributed by atoms with Gasteiger partial charge < -0.3 is 9.11 Å². The lowest BCUT2D eigenvalue weighted by Crippen LogP contribution is -2.08. The third-order valence-electron chi connectivity index (χ3n) is 1.10. The molecule has 0 radical (unpaired) electrons. The fourth-order valence-electron chi connectivity index (χ4n) is 0.519. The maximum atomic E-state index is 10.7. The summed E-state index contributed by atoms with van der Waals surface area (Å²) in [5.41, 5.74) is 0. The van der Waals surface area contributed by atoms with Crippen molar-refractivity contribution in [2.45, 2.75) is 12.8 Å². The molecule has 0 aromatic heterocycles. The summed E-state index contributed by atoms with van der Waals surface area (Å²) in [6.45, 7) is 0. The van der Waals surface area contributed by atoms with Gasteiger partial charge in [0.05, 0.1) is 0 Å². The molecule has 2 unspecified atom stereocenters. The number of carbonyl (C=O) groups is 1. The monoisotopic (exact) mass is 212 g/mol. The van der Waals surface area contributed by atoms with Crippen LogP contribution in [0.15, 0.2) is 0 Å². The van der Waals surface area contributed by atoms with E-state index >= 15 is 0 Å². The molecule has 72 valence electrons. The van der Waals surface area contributed by atoms with Crippen molar-refractivity contribution in [1.82, 2.24) is 0 Å². The second kappa shape index (κ2) is 6.41. The van der Waals surface area contributed by atoms with Gasteiger partial charge >= 0.3 is 0 Å². The Morgan fingerprint density at radius 2 is 1.33 bits per heavy atom. The van der Waals surface area contributed by atoms with Crippen molar-refractivity contribution in [2.24, 2.45) is 0 Å². The number of rotatable bonds is 6. The van der Waals surface area contributed by atoms with Gasteiger partial charge in [-0.15, -0.1) is 0 Å². The second-order valence-electron chi connectivity index (χ2n) is 2.05. The predicted molar refractivity (Wildman–Crippen MR) is 41.8 cm³/mol. The van der Waals surface area contributed by atoms with Crippen LogP contribution >= 0.6 is 0 Å². The summed E-state index contributed by atoms with van der Waals surface area (Å²) in [4.78, 5) is 10.7. The smallest absolute Gasteiger partial charge is 0.134 e. The minimum atomic E-state index is -2.23. The summed E-state index contributed by atoms with van der Waals surface area (Å²) >= 11 is -4.45. The Kier molecular flexibility index (Phi) is 6.35. The Morgan fingerprint density at radius 1 is 1.00 bits per heavy atom. The van der Waals surface area contributed by atoms with Crippen molar-refractivity contribution >= 4 is 27.9 Å². The van der Waals surface area contributed by atoms with E-state index in [1.807, 2.05) is 0 Å². The molecule has 0 heterocycles. The fraction of sp³-hybridized carbons (Fsp3) is 0.800. The lowest BCUT2D eigenvalue weighted by Gasteiger charge is -2.05. The Morgan fingerprint density at radius 3 is 1.58 bits per heavy atom. The number of hydrogen-bond donors (Lipinski definition) is 0. The fourth-order valence-corrected chi connectivity index (χ4v) is 1.31. The highest BCUT2D eigenvalue weighted by Gasteiger charge is 2.00. The van der Waals surface area contributed by atoms with Gasteiger partial charge in [-0.1, -0.05) is 22.2 Å².